The lowest BCUT2D eigenvalue weighted by Gasteiger charge is -2.27. The molecule has 0 spiro atoms. The van der Waals surface area contributed by atoms with Gasteiger partial charge in [0, 0.05) is 24.5 Å². The maximum atomic E-state index is 13.0. The van der Waals surface area contributed by atoms with Crippen LogP contribution in [-0.4, -0.2) is 37.3 Å². The number of carbonyl (C=O) groups excluding carboxylic acids is 1. The number of nitrogens with one attached hydrogen (secondary N) is 2. The average Bonchev–Trinajstić information content (AvgIpc) is 2.92. The van der Waals surface area contributed by atoms with Gasteiger partial charge in [-0.15, -0.1) is 0 Å². The molecule has 2 N–H and O–H groups in total. The molecule has 6 nitrogen and oxygen atoms in total. The van der Waals surface area contributed by atoms with E-state index in [1.54, 1.807) is 43.0 Å². The molecular weight excluding hydrogens is 374 g/mol. The molecule has 2 aromatic rings. The number of para-hydroxylation sites is 1. The van der Waals surface area contributed by atoms with Crippen molar-refractivity contribution in [1.29, 1.82) is 0 Å². The molecule has 0 atom stereocenters. The SMILES string of the molecule is Cc1[nH]c(C)c(S(=O)(=O)Nc2ccccc2Cl)c1C(=O)N1CCCCC1. The molecule has 1 aromatic carbocycles. The minimum absolute atomic E-state index is 0.00880. The fourth-order valence-electron chi connectivity index (χ4n) is 3.35. The molecule has 8 heteroatoms. The van der Waals surface area contributed by atoms with Gasteiger partial charge in [0.15, 0.2) is 0 Å². The van der Waals surface area contributed by atoms with Crippen molar-refractivity contribution in [3.05, 3.63) is 46.2 Å². The highest BCUT2D eigenvalue weighted by molar-refractivity contribution is 7.92. The number of halogens is 1. The summed E-state index contributed by atoms with van der Waals surface area (Å²) in [6, 6.07) is 6.60. The zero-order valence-corrected chi connectivity index (χ0v) is 16.4. The summed E-state index contributed by atoms with van der Waals surface area (Å²) in [7, 11) is -3.97. The Balaban J connectivity index is 2.02. The Hall–Kier alpha value is -1.99. The standard InChI is InChI=1S/C18H22ClN3O3S/c1-12-16(18(23)22-10-6-3-7-11-22)17(13(2)20-12)26(24,25)21-15-9-5-4-8-14(15)19/h4-5,8-9,20-21H,3,6-7,10-11H2,1-2H3. The van der Waals surface area contributed by atoms with Gasteiger partial charge in [-0.2, -0.15) is 0 Å². The number of piperidine rings is 1. The van der Waals surface area contributed by atoms with E-state index in [0.29, 0.717) is 29.5 Å². The number of aromatic amines is 1. The van der Waals surface area contributed by atoms with Gasteiger partial charge in [0.25, 0.3) is 15.9 Å². The van der Waals surface area contributed by atoms with Crippen LogP contribution in [0.5, 0.6) is 0 Å². The number of nitrogens with zero attached hydrogens (tertiary/aromatic N) is 1. The van der Waals surface area contributed by atoms with Crippen LogP contribution in [0.4, 0.5) is 5.69 Å². The molecule has 1 aliphatic rings. The van der Waals surface area contributed by atoms with Crippen molar-refractivity contribution in [2.45, 2.75) is 38.0 Å². The lowest BCUT2D eigenvalue weighted by molar-refractivity contribution is 0.0720. The molecule has 0 radical (unpaired) electrons. The van der Waals surface area contributed by atoms with Gasteiger partial charge in [-0.25, -0.2) is 8.42 Å². The van der Waals surface area contributed by atoms with Crippen LogP contribution in [0.25, 0.3) is 0 Å². The first-order chi connectivity index (χ1) is 12.3. The maximum Gasteiger partial charge on any atom is 0.264 e. The Bertz CT molecular complexity index is 931. The minimum atomic E-state index is -3.97. The summed E-state index contributed by atoms with van der Waals surface area (Å²) in [5.41, 5.74) is 1.48. The molecule has 1 saturated heterocycles. The van der Waals surface area contributed by atoms with Gasteiger partial charge in [0.05, 0.1) is 16.3 Å². The molecule has 1 aromatic heterocycles. The Morgan fingerprint density at radius 2 is 1.77 bits per heavy atom. The normalized spacial score (nSPS) is 15.1. The van der Waals surface area contributed by atoms with Gasteiger partial charge in [0.1, 0.15) is 4.90 Å². The molecule has 1 amide bonds. The summed E-state index contributed by atoms with van der Waals surface area (Å²) in [4.78, 5) is 17.7. The first kappa shape index (κ1) is 18.8. The second-order valence-corrected chi connectivity index (χ2v) is 8.54. The average molecular weight is 396 g/mol. The van der Waals surface area contributed by atoms with Crippen LogP contribution in [0.15, 0.2) is 29.2 Å². The Labute approximate surface area is 158 Å². The number of hydrogen-bond acceptors (Lipinski definition) is 3. The number of H-pyrrole nitrogens is 1. The lowest BCUT2D eigenvalue weighted by atomic mass is 10.1. The molecule has 26 heavy (non-hydrogen) atoms. The van der Waals surface area contributed by atoms with E-state index in [1.165, 1.54) is 0 Å². The van der Waals surface area contributed by atoms with Crippen LogP contribution in [-0.2, 0) is 10.0 Å². The summed E-state index contributed by atoms with van der Waals surface area (Å²) >= 11 is 6.08. The highest BCUT2D eigenvalue weighted by Gasteiger charge is 2.32. The fraction of sp³-hybridized carbons (Fsp3) is 0.389. The number of likely N-dealkylation sites (tertiary alicyclic amines) is 1. The van der Waals surface area contributed by atoms with E-state index in [9.17, 15) is 13.2 Å². The molecule has 2 heterocycles. The Morgan fingerprint density at radius 3 is 2.42 bits per heavy atom. The number of benzene rings is 1. The highest BCUT2D eigenvalue weighted by atomic mass is 35.5. The quantitative estimate of drug-likeness (QED) is 0.827. The number of aryl methyl sites for hydroxylation is 2. The summed E-state index contributed by atoms with van der Waals surface area (Å²) in [6.45, 7) is 4.68. The van der Waals surface area contributed by atoms with Crippen molar-refractivity contribution in [3.63, 3.8) is 0 Å². The number of amides is 1. The molecule has 0 aliphatic carbocycles. The monoisotopic (exact) mass is 395 g/mol. The number of hydrogen-bond donors (Lipinski definition) is 2. The van der Waals surface area contributed by atoms with Gasteiger partial charge in [-0.3, -0.25) is 9.52 Å². The van der Waals surface area contributed by atoms with Gasteiger partial charge >= 0.3 is 0 Å². The van der Waals surface area contributed by atoms with Gasteiger partial charge in [0.2, 0.25) is 0 Å². The second kappa shape index (κ2) is 7.32. The van der Waals surface area contributed by atoms with E-state index < -0.39 is 10.0 Å². The highest BCUT2D eigenvalue weighted by Crippen LogP contribution is 2.30. The molecular formula is C18H22ClN3O3S. The van der Waals surface area contributed by atoms with Crippen molar-refractivity contribution in [3.8, 4) is 0 Å². The topological polar surface area (TPSA) is 82.3 Å². The smallest absolute Gasteiger partial charge is 0.264 e. The molecule has 0 saturated carbocycles. The summed E-state index contributed by atoms with van der Waals surface area (Å²) < 4.78 is 28.6. The molecule has 0 unspecified atom stereocenters. The van der Waals surface area contributed by atoms with E-state index >= 15 is 0 Å². The van der Waals surface area contributed by atoms with Crippen molar-refractivity contribution in [2.75, 3.05) is 17.8 Å². The van der Waals surface area contributed by atoms with E-state index in [4.69, 9.17) is 11.6 Å². The molecule has 140 valence electrons. The maximum absolute atomic E-state index is 13.0. The first-order valence-corrected chi connectivity index (χ1v) is 10.4. The van der Waals surface area contributed by atoms with Crippen LogP contribution in [0.1, 0.15) is 41.0 Å². The predicted molar refractivity (Wildman–Crippen MR) is 102 cm³/mol. The zero-order valence-electron chi connectivity index (χ0n) is 14.8. The first-order valence-electron chi connectivity index (χ1n) is 8.57. The van der Waals surface area contributed by atoms with Gasteiger partial charge < -0.3 is 9.88 Å². The zero-order chi connectivity index (χ0) is 18.9. The Kier molecular flexibility index (Phi) is 5.29. The number of carbonyl (C=O) groups is 1. The third kappa shape index (κ3) is 3.59. The largest absolute Gasteiger partial charge is 0.361 e. The molecule has 1 aliphatic heterocycles. The molecule has 3 rings (SSSR count). The van der Waals surface area contributed by atoms with Crippen molar-refractivity contribution < 1.29 is 13.2 Å². The van der Waals surface area contributed by atoms with E-state index in [-0.39, 0.29) is 22.1 Å². The Morgan fingerprint density at radius 1 is 1.12 bits per heavy atom. The van der Waals surface area contributed by atoms with Crippen molar-refractivity contribution >= 4 is 33.2 Å². The minimum Gasteiger partial charge on any atom is -0.361 e. The summed E-state index contributed by atoms with van der Waals surface area (Å²) in [5.74, 6) is -0.244. The third-order valence-electron chi connectivity index (χ3n) is 4.56. The molecule has 1 fully saturated rings. The predicted octanol–water partition coefficient (Wildman–Crippen LogP) is 3.71. The number of aromatic nitrogens is 1. The number of sulfonamides is 1. The second-order valence-electron chi connectivity index (χ2n) is 6.52. The number of anilines is 1. The lowest BCUT2D eigenvalue weighted by Crippen LogP contribution is -2.36. The van der Waals surface area contributed by atoms with Crippen molar-refractivity contribution in [2.24, 2.45) is 0 Å². The van der Waals surface area contributed by atoms with Crippen molar-refractivity contribution in [1.82, 2.24) is 9.88 Å². The molecule has 0 bridgehead atoms. The van der Waals surface area contributed by atoms with Crippen LogP contribution in [0, 0.1) is 13.8 Å². The number of rotatable bonds is 4. The summed E-state index contributed by atoms with van der Waals surface area (Å²) in [5, 5.41) is 0.296. The van der Waals surface area contributed by atoms with Crippen LogP contribution < -0.4 is 4.72 Å². The van der Waals surface area contributed by atoms with Crippen LogP contribution >= 0.6 is 11.6 Å². The fourth-order valence-corrected chi connectivity index (χ4v) is 5.12. The van der Waals surface area contributed by atoms with E-state index in [0.717, 1.165) is 19.3 Å². The van der Waals surface area contributed by atoms with Crippen LogP contribution in [0.2, 0.25) is 5.02 Å². The third-order valence-corrected chi connectivity index (χ3v) is 6.43. The van der Waals surface area contributed by atoms with Crippen LogP contribution in [0.3, 0.4) is 0 Å². The van der Waals surface area contributed by atoms with Gasteiger partial charge in [-0.1, -0.05) is 23.7 Å². The van der Waals surface area contributed by atoms with Gasteiger partial charge in [-0.05, 0) is 45.2 Å². The van der Waals surface area contributed by atoms with E-state index in [2.05, 4.69) is 9.71 Å². The summed E-state index contributed by atoms with van der Waals surface area (Å²) in [6.07, 6.45) is 2.97. The van der Waals surface area contributed by atoms with E-state index in [1.807, 2.05) is 0 Å².